The van der Waals surface area contributed by atoms with Gasteiger partial charge in [0.05, 0.1) is 12.2 Å². The molecule has 0 amide bonds. The van der Waals surface area contributed by atoms with Crippen molar-refractivity contribution in [2.45, 2.75) is 6.92 Å². The third-order valence-electron chi connectivity index (χ3n) is 1.59. The molecule has 1 rings (SSSR count). The summed E-state index contributed by atoms with van der Waals surface area (Å²) in [6.45, 7) is 2.09. The number of ether oxygens (including phenoxy) is 1. The van der Waals surface area contributed by atoms with E-state index in [9.17, 15) is 4.79 Å². The average Bonchev–Trinajstić information content (AvgIpc) is 2.11. The van der Waals surface area contributed by atoms with Gasteiger partial charge in [-0.1, -0.05) is 0 Å². The fourth-order valence-corrected chi connectivity index (χ4v) is 1.65. The van der Waals surface area contributed by atoms with Crippen LogP contribution in [0.4, 0.5) is 5.69 Å². The minimum Gasteiger partial charge on any atom is -0.462 e. The van der Waals surface area contributed by atoms with E-state index in [4.69, 9.17) is 10.5 Å². The molecule has 0 aromatic heterocycles. The van der Waals surface area contributed by atoms with Gasteiger partial charge in [-0.05, 0) is 50.9 Å². The summed E-state index contributed by atoms with van der Waals surface area (Å²) in [6.07, 6.45) is 0. The fourth-order valence-electron chi connectivity index (χ4n) is 0.948. The third kappa shape index (κ3) is 2.48. The van der Waals surface area contributed by atoms with Gasteiger partial charge in [-0.25, -0.2) is 4.79 Å². The van der Waals surface area contributed by atoms with Crippen LogP contribution >= 0.6 is 31.9 Å². The Labute approximate surface area is 98.9 Å². The molecule has 0 aliphatic carbocycles. The third-order valence-corrected chi connectivity index (χ3v) is 3.43. The van der Waals surface area contributed by atoms with E-state index in [1.54, 1.807) is 19.1 Å². The molecule has 0 aliphatic heterocycles. The molecular weight excluding hydrogens is 314 g/mol. The number of benzene rings is 1. The number of nitrogens with two attached hydrogens (primary N) is 1. The van der Waals surface area contributed by atoms with E-state index in [-0.39, 0.29) is 0 Å². The van der Waals surface area contributed by atoms with Crippen molar-refractivity contribution < 1.29 is 9.53 Å². The van der Waals surface area contributed by atoms with Crippen LogP contribution < -0.4 is 5.73 Å². The lowest BCUT2D eigenvalue weighted by atomic mass is 10.2. The standard InChI is InChI=1S/C9H9Br2NO2/c1-2-14-9(13)5-3-6(10)7(11)4-8(5)12/h3-4H,2,12H2,1H3. The summed E-state index contributed by atoms with van der Waals surface area (Å²) in [5.41, 5.74) is 6.45. The highest BCUT2D eigenvalue weighted by atomic mass is 79.9. The summed E-state index contributed by atoms with van der Waals surface area (Å²) in [7, 11) is 0. The molecule has 0 atom stereocenters. The summed E-state index contributed by atoms with van der Waals surface area (Å²) in [4.78, 5) is 11.4. The molecule has 2 N–H and O–H groups in total. The number of rotatable bonds is 2. The molecule has 1 aromatic carbocycles. The van der Waals surface area contributed by atoms with Gasteiger partial charge in [0.1, 0.15) is 0 Å². The molecule has 0 aliphatic rings. The first kappa shape index (κ1) is 11.5. The van der Waals surface area contributed by atoms with Crippen LogP contribution in [0, 0.1) is 0 Å². The van der Waals surface area contributed by atoms with Gasteiger partial charge in [0.2, 0.25) is 0 Å². The zero-order valence-corrected chi connectivity index (χ0v) is 10.7. The summed E-state index contributed by atoms with van der Waals surface area (Å²) >= 11 is 6.58. The lowest BCUT2D eigenvalue weighted by molar-refractivity contribution is 0.0527. The molecule has 0 saturated heterocycles. The summed E-state index contributed by atoms with van der Waals surface area (Å²) in [5.74, 6) is -0.404. The van der Waals surface area contributed by atoms with Crippen LogP contribution in [-0.2, 0) is 4.74 Å². The van der Waals surface area contributed by atoms with Gasteiger partial charge in [-0.2, -0.15) is 0 Å². The Morgan fingerprint density at radius 2 is 2.00 bits per heavy atom. The second kappa shape index (κ2) is 4.79. The Morgan fingerprint density at radius 1 is 1.43 bits per heavy atom. The molecule has 14 heavy (non-hydrogen) atoms. The van der Waals surface area contributed by atoms with E-state index in [0.717, 1.165) is 8.95 Å². The lowest BCUT2D eigenvalue weighted by Crippen LogP contribution is -2.08. The van der Waals surface area contributed by atoms with Crippen molar-refractivity contribution in [3.8, 4) is 0 Å². The van der Waals surface area contributed by atoms with Crippen LogP contribution in [0.2, 0.25) is 0 Å². The minimum absolute atomic E-state index is 0.339. The second-order valence-electron chi connectivity index (χ2n) is 2.57. The van der Waals surface area contributed by atoms with Crippen LogP contribution in [0.3, 0.4) is 0 Å². The number of carbonyl (C=O) groups excluding carboxylic acids is 1. The largest absolute Gasteiger partial charge is 0.462 e. The van der Waals surface area contributed by atoms with Crippen molar-refractivity contribution in [3.05, 3.63) is 26.6 Å². The number of esters is 1. The lowest BCUT2D eigenvalue weighted by Gasteiger charge is -2.06. The first-order chi connectivity index (χ1) is 6.56. The van der Waals surface area contributed by atoms with Crippen molar-refractivity contribution in [1.29, 1.82) is 0 Å². The molecule has 76 valence electrons. The van der Waals surface area contributed by atoms with Crippen molar-refractivity contribution in [2.75, 3.05) is 12.3 Å². The number of hydrogen-bond donors (Lipinski definition) is 1. The molecule has 0 saturated carbocycles. The number of nitrogen functional groups attached to an aromatic ring is 1. The molecule has 0 heterocycles. The minimum atomic E-state index is -0.404. The Balaban J connectivity index is 3.09. The highest BCUT2D eigenvalue weighted by molar-refractivity contribution is 9.13. The van der Waals surface area contributed by atoms with E-state index in [2.05, 4.69) is 31.9 Å². The molecule has 0 radical (unpaired) electrons. The Hall–Kier alpha value is -0.550. The maximum absolute atomic E-state index is 11.4. The molecule has 0 bridgehead atoms. The SMILES string of the molecule is CCOC(=O)c1cc(Br)c(Br)cc1N. The molecule has 0 fully saturated rings. The molecular formula is C9H9Br2NO2. The molecule has 3 nitrogen and oxygen atoms in total. The van der Waals surface area contributed by atoms with Crippen molar-refractivity contribution in [2.24, 2.45) is 0 Å². The quantitative estimate of drug-likeness (QED) is 0.672. The molecule has 5 heteroatoms. The van der Waals surface area contributed by atoms with E-state index in [0.29, 0.717) is 17.9 Å². The Kier molecular flexibility index (Phi) is 3.95. The Bertz CT molecular complexity index is 366. The number of carbonyl (C=O) groups is 1. The van der Waals surface area contributed by atoms with Gasteiger partial charge in [0.15, 0.2) is 0 Å². The topological polar surface area (TPSA) is 52.3 Å². The smallest absolute Gasteiger partial charge is 0.340 e. The predicted molar refractivity (Wildman–Crippen MR) is 62.2 cm³/mol. The van der Waals surface area contributed by atoms with Crippen LogP contribution in [0.25, 0.3) is 0 Å². The van der Waals surface area contributed by atoms with Gasteiger partial charge in [0.25, 0.3) is 0 Å². The van der Waals surface area contributed by atoms with Crippen molar-refractivity contribution >= 4 is 43.5 Å². The summed E-state index contributed by atoms with van der Waals surface area (Å²) < 4.78 is 6.43. The van der Waals surface area contributed by atoms with Crippen LogP contribution in [0.15, 0.2) is 21.1 Å². The normalized spacial score (nSPS) is 9.93. The number of anilines is 1. The van der Waals surface area contributed by atoms with Crippen LogP contribution in [-0.4, -0.2) is 12.6 Å². The molecule has 1 aromatic rings. The van der Waals surface area contributed by atoms with Gasteiger partial charge < -0.3 is 10.5 Å². The van der Waals surface area contributed by atoms with Crippen molar-refractivity contribution in [3.63, 3.8) is 0 Å². The Morgan fingerprint density at radius 3 is 2.57 bits per heavy atom. The maximum atomic E-state index is 11.4. The maximum Gasteiger partial charge on any atom is 0.340 e. The van der Waals surface area contributed by atoms with Crippen LogP contribution in [0.1, 0.15) is 17.3 Å². The monoisotopic (exact) mass is 321 g/mol. The van der Waals surface area contributed by atoms with Crippen molar-refractivity contribution in [1.82, 2.24) is 0 Å². The van der Waals surface area contributed by atoms with E-state index in [1.807, 2.05) is 0 Å². The van der Waals surface area contributed by atoms with Gasteiger partial charge >= 0.3 is 5.97 Å². The highest BCUT2D eigenvalue weighted by Crippen LogP contribution is 2.28. The first-order valence-corrected chi connectivity index (χ1v) is 5.56. The highest BCUT2D eigenvalue weighted by Gasteiger charge is 2.12. The number of hydrogen-bond acceptors (Lipinski definition) is 3. The van der Waals surface area contributed by atoms with E-state index < -0.39 is 5.97 Å². The summed E-state index contributed by atoms with van der Waals surface area (Å²) in [6, 6.07) is 3.30. The first-order valence-electron chi connectivity index (χ1n) is 3.98. The second-order valence-corrected chi connectivity index (χ2v) is 4.28. The predicted octanol–water partition coefficient (Wildman–Crippen LogP) is 2.97. The van der Waals surface area contributed by atoms with Gasteiger partial charge in [-0.3, -0.25) is 0 Å². The molecule has 0 spiro atoms. The van der Waals surface area contributed by atoms with Gasteiger partial charge in [-0.15, -0.1) is 0 Å². The fraction of sp³-hybridized carbons (Fsp3) is 0.222. The van der Waals surface area contributed by atoms with E-state index >= 15 is 0 Å². The zero-order chi connectivity index (χ0) is 10.7. The van der Waals surface area contributed by atoms with Crippen LogP contribution in [0.5, 0.6) is 0 Å². The zero-order valence-electron chi connectivity index (χ0n) is 7.51. The van der Waals surface area contributed by atoms with Gasteiger partial charge in [0, 0.05) is 14.6 Å². The molecule has 0 unspecified atom stereocenters. The number of halogens is 2. The average molecular weight is 323 g/mol. The van der Waals surface area contributed by atoms with E-state index in [1.165, 1.54) is 0 Å². The summed E-state index contributed by atoms with van der Waals surface area (Å²) in [5, 5.41) is 0.